The maximum absolute atomic E-state index is 11.2. The number of rotatable bonds is 9. The van der Waals surface area contributed by atoms with E-state index < -0.39 is 12.0 Å². The van der Waals surface area contributed by atoms with Gasteiger partial charge in [-0.1, -0.05) is 17.2 Å². The molecule has 114 valence electrons. The van der Waals surface area contributed by atoms with Gasteiger partial charge in [0.05, 0.1) is 20.3 Å². The van der Waals surface area contributed by atoms with Crippen LogP contribution in [0.5, 0.6) is 5.75 Å². The molecule has 8 heteroatoms. The maximum atomic E-state index is 11.2. The molecular formula is C13H18N4O3S. The summed E-state index contributed by atoms with van der Waals surface area (Å²) in [7, 11) is 1.32. The zero-order valence-electron chi connectivity index (χ0n) is 11.8. The molecule has 2 N–H and O–H groups in total. The Balaban J connectivity index is 2.38. The van der Waals surface area contributed by atoms with E-state index in [1.54, 1.807) is 11.8 Å². The highest BCUT2D eigenvalue weighted by Gasteiger charge is 2.13. The number of methoxy groups -OCH3 is 1. The Morgan fingerprint density at radius 2 is 2.38 bits per heavy atom. The van der Waals surface area contributed by atoms with Crippen molar-refractivity contribution in [1.29, 1.82) is 0 Å². The number of hydrogen-bond donors (Lipinski definition) is 1. The lowest BCUT2D eigenvalue weighted by Crippen LogP contribution is -2.33. The summed E-state index contributed by atoms with van der Waals surface area (Å²) in [5.74, 6) is 1.53. The first-order valence-corrected chi connectivity index (χ1v) is 7.46. The van der Waals surface area contributed by atoms with Crippen molar-refractivity contribution < 1.29 is 14.3 Å². The van der Waals surface area contributed by atoms with Gasteiger partial charge < -0.3 is 15.2 Å². The van der Waals surface area contributed by atoms with Crippen LogP contribution >= 0.6 is 11.8 Å². The van der Waals surface area contributed by atoms with E-state index in [-0.39, 0.29) is 0 Å². The van der Waals surface area contributed by atoms with Crippen LogP contribution in [0.4, 0.5) is 0 Å². The molecule has 0 heterocycles. The summed E-state index contributed by atoms with van der Waals surface area (Å²) in [6, 6.07) is 7.00. The molecule has 0 aliphatic rings. The Labute approximate surface area is 127 Å². The van der Waals surface area contributed by atoms with E-state index in [0.29, 0.717) is 18.9 Å². The summed E-state index contributed by atoms with van der Waals surface area (Å²) in [6.45, 7) is 0.636. The fourth-order valence-electron chi connectivity index (χ4n) is 1.50. The Morgan fingerprint density at radius 1 is 1.57 bits per heavy atom. The number of carbonyl (C=O) groups excluding carboxylic acids is 1. The van der Waals surface area contributed by atoms with Gasteiger partial charge in [0.15, 0.2) is 0 Å². The third kappa shape index (κ3) is 6.89. The van der Waals surface area contributed by atoms with Crippen LogP contribution in [-0.2, 0) is 15.3 Å². The van der Waals surface area contributed by atoms with Crippen LogP contribution in [0.1, 0.15) is 5.56 Å². The molecule has 0 saturated carbocycles. The number of esters is 1. The van der Waals surface area contributed by atoms with E-state index in [0.717, 1.165) is 17.1 Å². The number of azide groups is 1. The summed E-state index contributed by atoms with van der Waals surface area (Å²) in [5, 5.41) is 3.40. The average Bonchev–Trinajstić information content (AvgIpc) is 2.51. The SMILES string of the molecule is COC(=O)[C@@H](N)CSCc1cccc(OCCN=[N+]=[N-])c1. The van der Waals surface area contributed by atoms with Gasteiger partial charge >= 0.3 is 5.97 Å². The quantitative estimate of drug-likeness (QED) is 0.247. The average molecular weight is 310 g/mol. The van der Waals surface area contributed by atoms with Crippen molar-refractivity contribution in [2.75, 3.05) is 26.0 Å². The number of ether oxygens (including phenoxy) is 2. The lowest BCUT2D eigenvalue weighted by atomic mass is 10.2. The van der Waals surface area contributed by atoms with Gasteiger partial charge in [-0.3, -0.25) is 4.79 Å². The molecule has 0 fully saturated rings. The smallest absolute Gasteiger partial charge is 0.323 e. The molecular weight excluding hydrogens is 292 g/mol. The third-order valence-electron chi connectivity index (χ3n) is 2.49. The molecule has 0 aromatic heterocycles. The summed E-state index contributed by atoms with van der Waals surface area (Å²) in [6.07, 6.45) is 0. The van der Waals surface area contributed by atoms with Crippen LogP contribution in [0.2, 0.25) is 0 Å². The second kappa shape index (κ2) is 9.93. The standard InChI is InChI=1S/C13H18N4O3S/c1-19-13(18)12(14)9-21-8-10-3-2-4-11(7-10)20-6-5-16-17-15/h2-4,7,12H,5-6,8-9,14H2,1H3/t12-/m0/s1. The number of nitrogens with zero attached hydrogens (tertiary/aromatic N) is 3. The predicted molar refractivity (Wildman–Crippen MR) is 82.1 cm³/mol. The van der Waals surface area contributed by atoms with Gasteiger partial charge in [0.1, 0.15) is 11.8 Å². The third-order valence-corrected chi connectivity index (χ3v) is 3.62. The molecule has 0 aliphatic heterocycles. The highest BCUT2D eigenvalue weighted by atomic mass is 32.2. The molecule has 0 amide bonds. The summed E-state index contributed by atoms with van der Waals surface area (Å²) in [5.41, 5.74) is 14.9. The number of hydrogen-bond acceptors (Lipinski definition) is 6. The molecule has 0 bridgehead atoms. The highest BCUT2D eigenvalue weighted by molar-refractivity contribution is 7.98. The van der Waals surface area contributed by atoms with Crippen molar-refractivity contribution in [1.82, 2.24) is 0 Å². The Morgan fingerprint density at radius 3 is 3.10 bits per heavy atom. The first-order valence-electron chi connectivity index (χ1n) is 6.31. The molecule has 1 aromatic rings. The van der Waals surface area contributed by atoms with Crippen molar-refractivity contribution in [3.8, 4) is 5.75 Å². The minimum Gasteiger partial charge on any atom is -0.493 e. The van der Waals surface area contributed by atoms with E-state index in [1.165, 1.54) is 7.11 Å². The molecule has 0 aliphatic carbocycles. The van der Waals surface area contributed by atoms with E-state index >= 15 is 0 Å². The van der Waals surface area contributed by atoms with Crippen molar-refractivity contribution in [2.24, 2.45) is 10.8 Å². The summed E-state index contributed by atoms with van der Waals surface area (Å²) < 4.78 is 10.0. The monoisotopic (exact) mass is 310 g/mol. The van der Waals surface area contributed by atoms with E-state index in [1.807, 2.05) is 24.3 Å². The van der Waals surface area contributed by atoms with Gasteiger partial charge in [-0.05, 0) is 23.2 Å². The summed E-state index contributed by atoms with van der Waals surface area (Å²) >= 11 is 1.55. The molecule has 1 atom stereocenters. The van der Waals surface area contributed by atoms with Crippen LogP contribution in [0.3, 0.4) is 0 Å². The van der Waals surface area contributed by atoms with Gasteiger partial charge in [0, 0.05) is 16.4 Å². The van der Waals surface area contributed by atoms with Crippen LogP contribution in [0.25, 0.3) is 10.4 Å². The molecule has 0 radical (unpaired) electrons. The maximum Gasteiger partial charge on any atom is 0.323 e. The normalized spacial score (nSPS) is 11.3. The zero-order chi connectivity index (χ0) is 15.5. The molecule has 1 rings (SSSR count). The van der Waals surface area contributed by atoms with Gasteiger partial charge in [0.25, 0.3) is 0 Å². The van der Waals surface area contributed by atoms with Crippen LogP contribution in [0, 0.1) is 0 Å². The minimum absolute atomic E-state index is 0.295. The van der Waals surface area contributed by atoms with Crippen molar-refractivity contribution in [3.63, 3.8) is 0 Å². The van der Waals surface area contributed by atoms with Crippen molar-refractivity contribution in [2.45, 2.75) is 11.8 Å². The largest absolute Gasteiger partial charge is 0.493 e. The predicted octanol–water partition coefficient (Wildman–Crippen LogP) is 2.11. The van der Waals surface area contributed by atoms with Gasteiger partial charge in [-0.25, -0.2) is 0 Å². The van der Waals surface area contributed by atoms with Crippen molar-refractivity contribution in [3.05, 3.63) is 40.3 Å². The number of nitrogens with two attached hydrogens (primary N) is 1. The number of benzene rings is 1. The molecule has 1 aromatic carbocycles. The summed E-state index contributed by atoms with van der Waals surface area (Å²) in [4.78, 5) is 13.8. The lowest BCUT2D eigenvalue weighted by Gasteiger charge is -2.09. The molecule has 7 nitrogen and oxygen atoms in total. The second-order valence-corrected chi connectivity index (χ2v) is 5.13. The van der Waals surface area contributed by atoms with Gasteiger partial charge in [0.2, 0.25) is 0 Å². The Bertz CT molecular complexity index is 506. The first kappa shape index (κ1) is 17.2. The van der Waals surface area contributed by atoms with Crippen LogP contribution in [0.15, 0.2) is 29.4 Å². The van der Waals surface area contributed by atoms with Crippen LogP contribution < -0.4 is 10.5 Å². The lowest BCUT2D eigenvalue weighted by molar-refractivity contribution is -0.141. The molecule has 21 heavy (non-hydrogen) atoms. The molecule has 0 spiro atoms. The first-order chi connectivity index (χ1) is 10.2. The van der Waals surface area contributed by atoms with E-state index in [4.69, 9.17) is 16.0 Å². The topological polar surface area (TPSA) is 110 Å². The zero-order valence-corrected chi connectivity index (χ0v) is 12.6. The Hall–Kier alpha value is -1.89. The Kier molecular flexibility index (Phi) is 8.11. The van der Waals surface area contributed by atoms with Gasteiger partial charge in [-0.2, -0.15) is 11.8 Å². The van der Waals surface area contributed by atoms with E-state index in [2.05, 4.69) is 14.8 Å². The number of carbonyl (C=O) groups is 1. The molecule has 0 unspecified atom stereocenters. The van der Waals surface area contributed by atoms with Gasteiger partial charge in [-0.15, -0.1) is 0 Å². The number of thioether (sulfide) groups is 1. The minimum atomic E-state index is -0.608. The highest BCUT2D eigenvalue weighted by Crippen LogP contribution is 2.18. The second-order valence-electron chi connectivity index (χ2n) is 4.10. The van der Waals surface area contributed by atoms with Crippen LogP contribution in [-0.4, -0.2) is 38.0 Å². The molecule has 0 saturated heterocycles. The fourth-order valence-corrected chi connectivity index (χ4v) is 2.42. The van der Waals surface area contributed by atoms with Crippen molar-refractivity contribution >= 4 is 17.7 Å². The fraction of sp³-hybridized carbons (Fsp3) is 0.462. The van der Waals surface area contributed by atoms with E-state index in [9.17, 15) is 4.79 Å².